The monoisotopic (exact) mass is 414 g/mol. The first-order chi connectivity index (χ1) is 13.6. The lowest BCUT2D eigenvalue weighted by Crippen LogP contribution is -2.05. The fourth-order valence-corrected chi connectivity index (χ4v) is 3.23. The van der Waals surface area contributed by atoms with Gasteiger partial charge in [0.1, 0.15) is 23.1 Å². The van der Waals surface area contributed by atoms with Gasteiger partial charge in [0.25, 0.3) is 0 Å². The van der Waals surface area contributed by atoms with Crippen LogP contribution in [0.5, 0.6) is 11.5 Å². The molecule has 0 aromatic heterocycles. The van der Waals surface area contributed by atoms with Crippen molar-refractivity contribution in [3.05, 3.63) is 93.0 Å². The Kier molecular flexibility index (Phi) is 5.53. The van der Waals surface area contributed by atoms with E-state index in [-0.39, 0.29) is 6.61 Å². The molecule has 1 aliphatic rings. The van der Waals surface area contributed by atoms with Crippen LogP contribution in [-0.4, -0.2) is 5.97 Å². The molecular formula is C22H16Cl2O4. The van der Waals surface area contributed by atoms with Crippen LogP contribution in [0.2, 0.25) is 10.0 Å². The van der Waals surface area contributed by atoms with Crippen molar-refractivity contribution in [2.75, 3.05) is 0 Å². The number of rotatable bonds is 5. The predicted molar refractivity (Wildman–Crippen MR) is 107 cm³/mol. The van der Waals surface area contributed by atoms with Crippen LogP contribution in [0.25, 0.3) is 0 Å². The Bertz CT molecular complexity index is 1020. The largest absolute Gasteiger partial charge is 0.457 e. The second-order valence-electron chi connectivity index (χ2n) is 6.35. The number of hydrogen-bond donors (Lipinski definition) is 0. The summed E-state index contributed by atoms with van der Waals surface area (Å²) in [6.45, 7) is 1.46. The molecule has 28 heavy (non-hydrogen) atoms. The van der Waals surface area contributed by atoms with E-state index in [4.69, 9.17) is 37.4 Å². The average Bonchev–Trinajstić information content (AvgIpc) is 3.18. The van der Waals surface area contributed by atoms with E-state index in [1.807, 2.05) is 18.2 Å². The molecule has 142 valence electrons. The molecule has 0 amide bonds. The van der Waals surface area contributed by atoms with E-state index >= 15 is 0 Å². The fraction of sp³-hybridized carbons (Fsp3) is 0.136. The number of fused-ring (bicyclic) bond motifs is 1. The van der Waals surface area contributed by atoms with Crippen LogP contribution in [0.4, 0.5) is 0 Å². The van der Waals surface area contributed by atoms with Crippen molar-refractivity contribution in [3.63, 3.8) is 0 Å². The standard InChI is InChI=1S/C22H16Cl2O4/c23-19-2-1-3-20(21(19)24)28-18-8-6-15(7-9-18)22(25)27-11-14-4-5-16-12-26-13-17(16)10-14/h1-10H,11-13H2. The summed E-state index contributed by atoms with van der Waals surface area (Å²) in [5.74, 6) is 0.591. The number of carbonyl (C=O) groups excluding carboxylic acids is 1. The van der Waals surface area contributed by atoms with Gasteiger partial charge in [-0.05, 0) is 59.2 Å². The third kappa shape index (κ3) is 4.14. The average molecular weight is 415 g/mol. The summed E-state index contributed by atoms with van der Waals surface area (Å²) in [5, 5.41) is 0.755. The highest BCUT2D eigenvalue weighted by Gasteiger charge is 2.13. The Balaban J connectivity index is 1.38. The fourth-order valence-electron chi connectivity index (χ4n) is 2.90. The van der Waals surface area contributed by atoms with Gasteiger partial charge in [0, 0.05) is 0 Å². The van der Waals surface area contributed by atoms with E-state index in [1.54, 1.807) is 42.5 Å². The summed E-state index contributed by atoms with van der Waals surface area (Å²) in [4.78, 5) is 12.3. The third-order valence-electron chi connectivity index (χ3n) is 4.39. The van der Waals surface area contributed by atoms with Crippen LogP contribution < -0.4 is 4.74 Å². The smallest absolute Gasteiger partial charge is 0.338 e. The Morgan fingerprint density at radius 3 is 2.57 bits per heavy atom. The van der Waals surface area contributed by atoms with Gasteiger partial charge >= 0.3 is 5.97 Å². The molecule has 6 heteroatoms. The highest BCUT2D eigenvalue weighted by Crippen LogP contribution is 2.34. The first-order valence-corrected chi connectivity index (χ1v) is 9.43. The zero-order valence-electron chi connectivity index (χ0n) is 14.8. The zero-order chi connectivity index (χ0) is 19.5. The molecule has 0 saturated carbocycles. The minimum atomic E-state index is -0.399. The molecular weight excluding hydrogens is 399 g/mol. The Morgan fingerprint density at radius 1 is 0.964 bits per heavy atom. The maximum Gasteiger partial charge on any atom is 0.338 e. The number of ether oxygens (including phenoxy) is 3. The second-order valence-corrected chi connectivity index (χ2v) is 7.14. The summed E-state index contributed by atoms with van der Waals surface area (Å²) < 4.78 is 16.5. The normalized spacial score (nSPS) is 12.5. The van der Waals surface area contributed by atoms with E-state index in [1.165, 1.54) is 5.56 Å². The number of benzene rings is 3. The first-order valence-electron chi connectivity index (χ1n) is 8.67. The molecule has 0 aliphatic carbocycles. The molecule has 4 rings (SSSR count). The molecule has 3 aromatic rings. The molecule has 0 fully saturated rings. The molecule has 0 saturated heterocycles. The molecule has 0 radical (unpaired) electrons. The van der Waals surface area contributed by atoms with Crippen molar-refractivity contribution in [2.45, 2.75) is 19.8 Å². The lowest BCUT2D eigenvalue weighted by Gasteiger charge is -2.09. The minimum Gasteiger partial charge on any atom is -0.457 e. The van der Waals surface area contributed by atoms with E-state index in [0.717, 1.165) is 11.1 Å². The molecule has 0 N–H and O–H groups in total. The van der Waals surface area contributed by atoms with Crippen molar-refractivity contribution in [3.8, 4) is 11.5 Å². The van der Waals surface area contributed by atoms with Gasteiger partial charge in [0.2, 0.25) is 0 Å². The molecule has 0 unspecified atom stereocenters. The third-order valence-corrected chi connectivity index (χ3v) is 5.19. The van der Waals surface area contributed by atoms with Crippen molar-refractivity contribution >= 4 is 29.2 Å². The Labute approximate surface area is 172 Å². The van der Waals surface area contributed by atoms with Crippen LogP contribution in [-0.2, 0) is 29.3 Å². The first kappa shape index (κ1) is 18.8. The van der Waals surface area contributed by atoms with Crippen LogP contribution in [0, 0.1) is 0 Å². The molecule has 0 spiro atoms. The van der Waals surface area contributed by atoms with Gasteiger partial charge in [-0.25, -0.2) is 4.79 Å². The number of esters is 1. The van der Waals surface area contributed by atoms with Crippen LogP contribution in [0.15, 0.2) is 60.7 Å². The predicted octanol–water partition coefficient (Wildman–Crippen LogP) is 6.17. The van der Waals surface area contributed by atoms with Crippen molar-refractivity contribution < 1.29 is 19.0 Å². The van der Waals surface area contributed by atoms with Crippen molar-refractivity contribution in [1.29, 1.82) is 0 Å². The highest BCUT2D eigenvalue weighted by molar-refractivity contribution is 6.42. The maximum absolute atomic E-state index is 12.3. The highest BCUT2D eigenvalue weighted by atomic mass is 35.5. The van der Waals surface area contributed by atoms with E-state index in [0.29, 0.717) is 40.3 Å². The molecule has 0 atom stereocenters. The number of hydrogen-bond acceptors (Lipinski definition) is 4. The second kappa shape index (κ2) is 8.23. The summed E-state index contributed by atoms with van der Waals surface area (Å²) >= 11 is 12.1. The van der Waals surface area contributed by atoms with Gasteiger partial charge < -0.3 is 14.2 Å². The van der Waals surface area contributed by atoms with Gasteiger partial charge in [0.15, 0.2) is 0 Å². The summed E-state index contributed by atoms with van der Waals surface area (Å²) in [5.41, 5.74) is 3.71. The summed E-state index contributed by atoms with van der Waals surface area (Å²) in [6, 6.07) is 17.8. The van der Waals surface area contributed by atoms with Gasteiger partial charge in [0.05, 0.1) is 23.8 Å². The van der Waals surface area contributed by atoms with E-state index in [9.17, 15) is 4.79 Å². The Hall–Kier alpha value is -2.53. The molecule has 1 aliphatic heterocycles. The molecule has 3 aromatic carbocycles. The maximum atomic E-state index is 12.3. The Morgan fingerprint density at radius 2 is 1.75 bits per heavy atom. The van der Waals surface area contributed by atoms with Crippen molar-refractivity contribution in [1.82, 2.24) is 0 Å². The quantitative estimate of drug-likeness (QED) is 0.468. The van der Waals surface area contributed by atoms with Crippen LogP contribution >= 0.6 is 23.2 Å². The van der Waals surface area contributed by atoms with Crippen LogP contribution in [0.3, 0.4) is 0 Å². The number of halogens is 2. The topological polar surface area (TPSA) is 44.8 Å². The molecule has 1 heterocycles. The van der Waals surface area contributed by atoms with Gasteiger partial charge in [-0.2, -0.15) is 0 Å². The summed E-state index contributed by atoms with van der Waals surface area (Å²) in [7, 11) is 0. The number of carbonyl (C=O) groups is 1. The van der Waals surface area contributed by atoms with Crippen molar-refractivity contribution in [2.24, 2.45) is 0 Å². The zero-order valence-corrected chi connectivity index (χ0v) is 16.3. The lowest BCUT2D eigenvalue weighted by molar-refractivity contribution is 0.0472. The van der Waals surface area contributed by atoms with E-state index < -0.39 is 5.97 Å². The van der Waals surface area contributed by atoms with E-state index in [2.05, 4.69) is 0 Å². The molecule has 0 bridgehead atoms. The SMILES string of the molecule is O=C(OCc1ccc2c(c1)COC2)c1ccc(Oc2cccc(Cl)c2Cl)cc1. The van der Waals surface area contributed by atoms with Gasteiger partial charge in [-0.3, -0.25) is 0 Å². The lowest BCUT2D eigenvalue weighted by atomic mass is 10.1. The van der Waals surface area contributed by atoms with Gasteiger partial charge in [-0.15, -0.1) is 0 Å². The molecule has 4 nitrogen and oxygen atoms in total. The summed E-state index contributed by atoms with van der Waals surface area (Å²) in [6.07, 6.45) is 0. The van der Waals surface area contributed by atoms with Crippen LogP contribution in [0.1, 0.15) is 27.0 Å². The minimum absolute atomic E-state index is 0.211. The van der Waals surface area contributed by atoms with Gasteiger partial charge in [-0.1, -0.05) is 41.4 Å².